The van der Waals surface area contributed by atoms with E-state index in [-0.39, 0.29) is 69.7 Å². The summed E-state index contributed by atoms with van der Waals surface area (Å²) in [5, 5.41) is 9.66. The van der Waals surface area contributed by atoms with Crippen molar-refractivity contribution in [3.05, 3.63) is 112 Å². The van der Waals surface area contributed by atoms with Crippen LogP contribution in [0.5, 0.6) is 28.7 Å². The highest BCUT2D eigenvalue weighted by Crippen LogP contribution is 2.35. The van der Waals surface area contributed by atoms with Crippen LogP contribution in [0.25, 0.3) is 0 Å². The molecule has 0 spiro atoms. The molecule has 23 heteroatoms. The van der Waals surface area contributed by atoms with Gasteiger partial charge in [-0.25, -0.2) is 28.8 Å². The number of esters is 8. The van der Waals surface area contributed by atoms with Gasteiger partial charge >= 0.3 is 47.8 Å². The van der Waals surface area contributed by atoms with Crippen molar-refractivity contribution in [2.45, 2.75) is 173 Å². The lowest BCUT2D eigenvalue weighted by atomic mass is 10.0. The Morgan fingerprint density at radius 2 is 0.806 bits per heavy atom. The van der Waals surface area contributed by atoms with Gasteiger partial charge in [0.2, 0.25) is 0 Å². The molecule has 0 bridgehead atoms. The molecule has 0 aliphatic heterocycles. The van der Waals surface area contributed by atoms with Crippen LogP contribution in [0.2, 0.25) is 0 Å². The van der Waals surface area contributed by atoms with E-state index in [0.29, 0.717) is 48.4 Å². The van der Waals surface area contributed by atoms with Crippen LogP contribution in [0.3, 0.4) is 0 Å². The lowest BCUT2D eigenvalue weighted by Gasteiger charge is -2.22. The van der Waals surface area contributed by atoms with Gasteiger partial charge in [0, 0.05) is 94.7 Å². The van der Waals surface area contributed by atoms with Crippen LogP contribution in [0.4, 0.5) is 0 Å². The SMILES string of the molecule is CCOC(=O)C=CC(=O)OC(CNC(C)C)COc1cc(C)c(OC(C)=O)c(C)c1C.CCOC(=O)C=CC(=O)OC(CNC(C)C)COc1cc(C)c(OC(C)=O)c(C)c1C.CCOC(=O)C=CC(=O)OC(CNC(C)C)COc1ccc(CCOCC2CC2)cc1. The average molecular weight is 1300 g/mol. The molecular weight excluding hydrogens is 1200 g/mol. The fourth-order valence-corrected chi connectivity index (χ4v) is 8.07. The third kappa shape index (κ3) is 35.5. The Morgan fingerprint density at radius 1 is 0.473 bits per heavy atom. The number of aryl methyl sites for hydroxylation is 2. The van der Waals surface area contributed by atoms with Crippen molar-refractivity contribution in [2.75, 3.05) is 72.5 Å². The highest BCUT2D eigenvalue weighted by molar-refractivity contribution is 5.93. The normalized spacial score (nSPS) is 12.9. The molecule has 3 atom stereocenters. The third-order valence-electron chi connectivity index (χ3n) is 13.3. The summed E-state index contributed by atoms with van der Waals surface area (Å²) in [4.78, 5) is 93.0. The van der Waals surface area contributed by atoms with Gasteiger partial charge in [0.1, 0.15) is 66.9 Å². The van der Waals surface area contributed by atoms with Gasteiger partial charge in [-0.1, -0.05) is 53.7 Å². The molecule has 3 N–H and O–H groups in total. The lowest BCUT2D eigenvalue weighted by molar-refractivity contribution is -0.145. The summed E-state index contributed by atoms with van der Waals surface area (Å²) in [5.74, 6) is -0.775. The number of nitrogens with one attached hydrogen (secondary N) is 3. The highest BCUT2D eigenvalue weighted by Gasteiger charge is 2.23. The molecule has 0 radical (unpaired) electrons. The summed E-state index contributed by atoms with van der Waals surface area (Å²) in [6, 6.07) is 12.0. The number of rotatable bonds is 37. The van der Waals surface area contributed by atoms with E-state index in [4.69, 9.17) is 56.8 Å². The standard InChI is InChI=1S/C24H35NO6.2C23H33NO7/c1-4-29-23(26)11-12-24(27)31-22(15-25-18(2)3)17-30-21-9-7-19(8-10-21)13-14-28-16-20-5-6-20;2*1-8-28-21(26)9-10-22(27)31-19(12-24-14(2)3)13-29-20-11-15(4)23(30-18(7)25)17(6)16(20)5/h7-12,18,20,22,25H,4-6,13-17H2,1-3H3;2*9-11,14,19,24H,8,12-13H2,1-7H3. The van der Waals surface area contributed by atoms with Crippen molar-refractivity contribution >= 4 is 47.8 Å². The number of benzene rings is 3. The average Bonchev–Trinajstić information content (AvgIpc) is 1.60. The maximum atomic E-state index is 12.1. The highest BCUT2D eigenvalue weighted by atomic mass is 16.6. The Morgan fingerprint density at radius 3 is 1.12 bits per heavy atom. The minimum Gasteiger partial charge on any atom is -0.490 e. The molecule has 1 aliphatic rings. The molecular formula is C70H101N3O20. The molecule has 3 aromatic carbocycles. The van der Waals surface area contributed by atoms with Crippen LogP contribution in [0, 0.1) is 47.5 Å². The van der Waals surface area contributed by atoms with Gasteiger partial charge < -0.3 is 72.8 Å². The van der Waals surface area contributed by atoms with Crippen molar-refractivity contribution in [1.29, 1.82) is 0 Å². The first-order chi connectivity index (χ1) is 44.0. The van der Waals surface area contributed by atoms with Crippen molar-refractivity contribution in [3.63, 3.8) is 0 Å². The molecule has 3 unspecified atom stereocenters. The van der Waals surface area contributed by atoms with Gasteiger partial charge in [0.15, 0.2) is 0 Å². The number of carbonyl (C=O) groups is 8. The minimum atomic E-state index is -0.665. The second-order valence-corrected chi connectivity index (χ2v) is 22.7. The zero-order valence-electron chi connectivity index (χ0n) is 57.5. The molecule has 23 nitrogen and oxygen atoms in total. The van der Waals surface area contributed by atoms with Gasteiger partial charge in [-0.05, 0) is 151 Å². The van der Waals surface area contributed by atoms with Crippen LogP contribution < -0.4 is 39.6 Å². The van der Waals surface area contributed by atoms with E-state index in [0.717, 1.165) is 95.4 Å². The first kappa shape index (κ1) is 81.0. The molecule has 3 aromatic rings. The summed E-state index contributed by atoms with van der Waals surface area (Å²) < 4.78 is 64.5. The van der Waals surface area contributed by atoms with E-state index in [1.807, 2.05) is 107 Å². The smallest absolute Gasteiger partial charge is 0.331 e. The maximum absolute atomic E-state index is 12.1. The van der Waals surface area contributed by atoms with Crippen LogP contribution in [0.15, 0.2) is 72.9 Å². The van der Waals surface area contributed by atoms with Gasteiger partial charge in [-0.3, -0.25) is 9.59 Å². The molecule has 0 amide bonds. The number of carbonyl (C=O) groups excluding carboxylic acids is 8. The Labute approximate surface area is 549 Å². The first-order valence-corrected chi connectivity index (χ1v) is 31.6. The van der Waals surface area contributed by atoms with Crippen LogP contribution in [0.1, 0.15) is 128 Å². The Balaban J connectivity index is 0.000000475. The predicted molar refractivity (Wildman–Crippen MR) is 350 cm³/mol. The second-order valence-electron chi connectivity index (χ2n) is 22.7. The monoisotopic (exact) mass is 1300 g/mol. The zero-order valence-corrected chi connectivity index (χ0v) is 57.5. The molecule has 1 fully saturated rings. The van der Waals surface area contributed by atoms with Crippen LogP contribution in [-0.4, -0.2) is 157 Å². The summed E-state index contributed by atoms with van der Waals surface area (Å²) in [6.45, 7) is 34.7. The van der Waals surface area contributed by atoms with Crippen LogP contribution in [-0.2, 0) is 77.9 Å². The van der Waals surface area contributed by atoms with E-state index in [1.54, 1.807) is 32.9 Å². The van der Waals surface area contributed by atoms with E-state index < -0.39 is 54.1 Å². The fourth-order valence-electron chi connectivity index (χ4n) is 8.07. The molecule has 4 rings (SSSR count). The third-order valence-corrected chi connectivity index (χ3v) is 13.3. The van der Waals surface area contributed by atoms with Gasteiger partial charge in [0.25, 0.3) is 0 Å². The molecule has 0 saturated heterocycles. The van der Waals surface area contributed by atoms with Crippen molar-refractivity contribution < 1.29 is 95.2 Å². The summed E-state index contributed by atoms with van der Waals surface area (Å²) in [6.07, 6.45) is 8.07. The molecule has 1 saturated carbocycles. The van der Waals surface area contributed by atoms with Gasteiger partial charge in [0.05, 0.1) is 26.4 Å². The Kier molecular flexibility index (Phi) is 38.7. The molecule has 0 heterocycles. The zero-order chi connectivity index (χ0) is 69.6. The second kappa shape index (κ2) is 44.4. The van der Waals surface area contributed by atoms with Crippen LogP contribution >= 0.6 is 0 Å². The topological polar surface area (TPSA) is 283 Å². The van der Waals surface area contributed by atoms with E-state index >= 15 is 0 Å². The van der Waals surface area contributed by atoms with E-state index in [1.165, 1.54) is 32.3 Å². The molecule has 516 valence electrons. The summed E-state index contributed by atoms with van der Waals surface area (Å²) in [5.41, 5.74) is 5.97. The summed E-state index contributed by atoms with van der Waals surface area (Å²) in [7, 11) is 0. The molecule has 93 heavy (non-hydrogen) atoms. The van der Waals surface area contributed by atoms with Gasteiger partial charge in [-0.2, -0.15) is 0 Å². The largest absolute Gasteiger partial charge is 0.490 e. The Hall–Kier alpha value is -8.12. The van der Waals surface area contributed by atoms with Crippen molar-refractivity contribution in [3.8, 4) is 28.7 Å². The number of hydrogen-bond donors (Lipinski definition) is 3. The quantitative estimate of drug-likeness (QED) is 0.0160. The van der Waals surface area contributed by atoms with E-state index in [2.05, 4.69) is 16.0 Å². The first-order valence-electron chi connectivity index (χ1n) is 31.6. The van der Waals surface area contributed by atoms with Crippen molar-refractivity contribution in [2.24, 2.45) is 5.92 Å². The fraction of sp³-hybridized carbons (Fsp3) is 0.543. The lowest BCUT2D eigenvalue weighted by Crippen LogP contribution is -2.38. The minimum absolute atomic E-state index is 0.103. The number of ether oxygens (including phenoxy) is 12. The van der Waals surface area contributed by atoms with E-state index in [9.17, 15) is 38.4 Å². The summed E-state index contributed by atoms with van der Waals surface area (Å²) >= 11 is 0. The molecule has 1 aliphatic carbocycles. The molecule has 0 aromatic heterocycles. The van der Waals surface area contributed by atoms with Gasteiger partial charge in [-0.15, -0.1) is 0 Å². The predicted octanol–water partition coefficient (Wildman–Crippen LogP) is 8.95. The number of hydrogen-bond acceptors (Lipinski definition) is 23. The maximum Gasteiger partial charge on any atom is 0.331 e. The van der Waals surface area contributed by atoms with Crippen molar-refractivity contribution in [1.82, 2.24) is 16.0 Å². The Bertz CT molecular complexity index is 2810.